The van der Waals surface area contributed by atoms with Crippen LogP contribution in [0.15, 0.2) is 71.2 Å². The molecule has 6 nitrogen and oxygen atoms in total. The number of nitrogens with zero attached hydrogens (tertiary/aromatic N) is 1. The van der Waals surface area contributed by atoms with Crippen molar-refractivity contribution in [2.24, 2.45) is 5.92 Å². The SMILES string of the molecule is Cc1ccc(NC(=O)[C@H]2[C@H]3NC(=O)N(c4ccc(Br)cc4)[C@@]2(C)Oc2ccccc23)c(C)c1. The van der Waals surface area contributed by atoms with Crippen LogP contribution in [0, 0.1) is 19.8 Å². The summed E-state index contributed by atoms with van der Waals surface area (Å²) in [5, 5.41) is 6.15. The summed E-state index contributed by atoms with van der Waals surface area (Å²) in [5.41, 5.74) is 3.03. The molecule has 1 saturated heterocycles. The number of hydrogen-bond donors (Lipinski definition) is 2. The van der Waals surface area contributed by atoms with E-state index in [9.17, 15) is 9.59 Å². The monoisotopic (exact) mass is 505 g/mol. The lowest BCUT2D eigenvalue weighted by atomic mass is 9.78. The lowest BCUT2D eigenvalue weighted by molar-refractivity contribution is -0.131. The van der Waals surface area contributed by atoms with Crippen LogP contribution in [0.5, 0.6) is 5.75 Å². The zero-order chi connectivity index (χ0) is 23.3. The number of rotatable bonds is 3. The highest BCUT2D eigenvalue weighted by atomic mass is 79.9. The predicted molar refractivity (Wildman–Crippen MR) is 131 cm³/mol. The minimum absolute atomic E-state index is 0.217. The molecule has 33 heavy (non-hydrogen) atoms. The van der Waals surface area contributed by atoms with E-state index in [-0.39, 0.29) is 11.9 Å². The smallest absolute Gasteiger partial charge is 0.325 e. The molecule has 7 heteroatoms. The topological polar surface area (TPSA) is 70.7 Å². The molecule has 2 aliphatic rings. The van der Waals surface area contributed by atoms with Gasteiger partial charge < -0.3 is 15.4 Å². The van der Waals surface area contributed by atoms with E-state index in [4.69, 9.17) is 4.74 Å². The first-order valence-electron chi connectivity index (χ1n) is 10.8. The van der Waals surface area contributed by atoms with Gasteiger partial charge in [0.1, 0.15) is 11.7 Å². The number of para-hydroxylation sites is 1. The molecular formula is C26H24BrN3O3. The summed E-state index contributed by atoms with van der Waals surface area (Å²) in [7, 11) is 0. The molecule has 0 saturated carbocycles. The highest BCUT2D eigenvalue weighted by Gasteiger charge is 2.60. The summed E-state index contributed by atoms with van der Waals surface area (Å²) in [4.78, 5) is 28.7. The number of carbonyl (C=O) groups is 2. The molecule has 2 heterocycles. The van der Waals surface area contributed by atoms with Gasteiger partial charge in [-0.15, -0.1) is 0 Å². The number of hydrogen-bond acceptors (Lipinski definition) is 3. The van der Waals surface area contributed by atoms with Gasteiger partial charge in [-0.2, -0.15) is 0 Å². The number of halogens is 1. The summed E-state index contributed by atoms with van der Waals surface area (Å²) >= 11 is 3.44. The number of nitrogens with one attached hydrogen (secondary N) is 2. The largest absolute Gasteiger partial charge is 0.466 e. The van der Waals surface area contributed by atoms with Crippen LogP contribution in [0.3, 0.4) is 0 Å². The van der Waals surface area contributed by atoms with E-state index < -0.39 is 17.7 Å². The molecule has 2 aliphatic heterocycles. The number of aryl methyl sites for hydroxylation is 2. The van der Waals surface area contributed by atoms with Crippen LogP contribution in [-0.2, 0) is 4.79 Å². The van der Waals surface area contributed by atoms with Crippen LogP contribution in [0.25, 0.3) is 0 Å². The van der Waals surface area contributed by atoms with Gasteiger partial charge in [-0.1, -0.05) is 51.8 Å². The Hall–Kier alpha value is -3.32. The van der Waals surface area contributed by atoms with Gasteiger partial charge in [0.2, 0.25) is 11.6 Å². The van der Waals surface area contributed by atoms with Crippen LogP contribution in [-0.4, -0.2) is 17.7 Å². The van der Waals surface area contributed by atoms with E-state index in [1.165, 1.54) is 4.90 Å². The summed E-state index contributed by atoms with van der Waals surface area (Å²) in [5.74, 6) is -0.261. The molecule has 1 fully saturated rings. The average molecular weight is 506 g/mol. The van der Waals surface area contributed by atoms with Crippen molar-refractivity contribution in [3.8, 4) is 5.75 Å². The minimum atomic E-state index is -1.24. The minimum Gasteiger partial charge on any atom is -0.466 e. The third-order valence-electron chi connectivity index (χ3n) is 6.41. The van der Waals surface area contributed by atoms with Gasteiger partial charge in [-0.05, 0) is 62.7 Å². The fourth-order valence-corrected chi connectivity index (χ4v) is 5.14. The van der Waals surface area contributed by atoms with Gasteiger partial charge in [0.15, 0.2) is 0 Å². The number of ether oxygens (including phenoxy) is 1. The first-order chi connectivity index (χ1) is 15.8. The van der Waals surface area contributed by atoms with Gasteiger partial charge in [0, 0.05) is 21.4 Å². The molecule has 0 unspecified atom stereocenters. The Bertz CT molecular complexity index is 1260. The fourth-order valence-electron chi connectivity index (χ4n) is 4.87. The van der Waals surface area contributed by atoms with Crippen molar-refractivity contribution in [3.63, 3.8) is 0 Å². The van der Waals surface area contributed by atoms with Crippen LogP contribution < -0.4 is 20.3 Å². The van der Waals surface area contributed by atoms with Crippen molar-refractivity contribution in [2.75, 3.05) is 10.2 Å². The third-order valence-corrected chi connectivity index (χ3v) is 6.94. The van der Waals surface area contributed by atoms with Gasteiger partial charge in [0.25, 0.3) is 0 Å². The quantitative estimate of drug-likeness (QED) is 0.479. The zero-order valence-corrected chi connectivity index (χ0v) is 20.1. The molecular weight excluding hydrogens is 482 g/mol. The Labute approximate surface area is 201 Å². The standard InChI is InChI=1S/C26H24BrN3O3/c1-15-8-13-20(16(2)14-15)28-24(31)22-23-19-6-4-5-7-21(19)33-26(22,3)30(25(32)29-23)18-11-9-17(27)10-12-18/h4-14,22-23H,1-3H3,(H,28,31)(H,29,32)/t22-,23+,26+/m1/s1. The van der Waals surface area contributed by atoms with E-state index in [0.717, 1.165) is 26.9 Å². The van der Waals surface area contributed by atoms with E-state index in [1.54, 1.807) is 0 Å². The molecule has 168 valence electrons. The summed E-state index contributed by atoms with van der Waals surface area (Å²) in [6.07, 6.45) is 0. The van der Waals surface area contributed by atoms with Crippen molar-refractivity contribution >= 4 is 39.2 Å². The number of fused-ring (bicyclic) bond motifs is 4. The lowest BCUT2D eigenvalue weighted by Gasteiger charge is -2.54. The highest BCUT2D eigenvalue weighted by Crippen LogP contribution is 2.49. The summed E-state index contributed by atoms with van der Waals surface area (Å²) in [6.45, 7) is 5.79. The van der Waals surface area contributed by atoms with E-state index in [1.807, 2.05) is 87.5 Å². The average Bonchev–Trinajstić information content (AvgIpc) is 2.76. The molecule has 3 aromatic rings. The second-order valence-electron chi connectivity index (χ2n) is 8.72. The zero-order valence-electron chi connectivity index (χ0n) is 18.6. The molecule has 2 bridgehead atoms. The molecule has 0 aliphatic carbocycles. The van der Waals surface area contributed by atoms with Crippen molar-refractivity contribution in [3.05, 3.63) is 87.9 Å². The normalized spacial score (nSPS) is 23.3. The maximum atomic E-state index is 13.8. The van der Waals surface area contributed by atoms with Crippen LogP contribution in [0.4, 0.5) is 16.2 Å². The summed E-state index contributed by atoms with van der Waals surface area (Å²) in [6, 6.07) is 20.0. The Morgan fingerprint density at radius 2 is 1.82 bits per heavy atom. The number of amides is 3. The second kappa shape index (κ2) is 7.92. The number of carbonyl (C=O) groups excluding carboxylic acids is 2. The molecule has 0 spiro atoms. The molecule has 0 radical (unpaired) electrons. The van der Waals surface area contributed by atoms with Crippen LogP contribution in [0.1, 0.15) is 29.7 Å². The second-order valence-corrected chi connectivity index (χ2v) is 9.63. The lowest BCUT2D eigenvalue weighted by Crippen LogP contribution is -2.72. The molecule has 3 atom stereocenters. The predicted octanol–water partition coefficient (Wildman–Crippen LogP) is 5.70. The van der Waals surface area contributed by atoms with Crippen molar-refractivity contribution in [2.45, 2.75) is 32.5 Å². The Morgan fingerprint density at radius 3 is 2.55 bits per heavy atom. The third kappa shape index (κ3) is 3.56. The maximum Gasteiger partial charge on any atom is 0.325 e. The van der Waals surface area contributed by atoms with E-state index >= 15 is 0 Å². The van der Waals surface area contributed by atoms with Gasteiger partial charge in [-0.3, -0.25) is 9.69 Å². The molecule has 0 aromatic heterocycles. The van der Waals surface area contributed by atoms with Gasteiger partial charge in [0.05, 0.1) is 6.04 Å². The van der Waals surface area contributed by atoms with E-state index in [2.05, 4.69) is 26.6 Å². The van der Waals surface area contributed by atoms with Crippen LogP contribution >= 0.6 is 15.9 Å². The van der Waals surface area contributed by atoms with Crippen molar-refractivity contribution in [1.29, 1.82) is 0 Å². The van der Waals surface area contributed by atoms with E-state index in [0.29, 0.717) is 11.4 Å². The highest BCUT2D eigenvalue weighted by molar-refractivity contribution is 9.10. The molecule has 3 aromatic carbocycles. The number of anilines is 2. The van der Waals surface area contributed by atoms with Crippen LogP contribution in [0.2, 0.25) is 0 Å². The first-order valence-corrected chi connectivity index (χ1v) is 11.6. The Kier molecular flexibility index (Phi) is 5.16. The number of urea groups is 1. The summed E-state index contributed by atoms with van der Waals surface area (Å²) < 4.78 is 7.37. The Morgan fingerprint density at radius 1 is 1.09 bits per heavy atom. The van der Waals surface area contributed by atoms with Gasteiger partial charge in [-0.25, -0.2) is 4.79 Å². The number of benzene rings is 3. The first kappa shape index (κ1) is 21.5. The molecule has 3 amide bonds. The van der Waals surface area contributed by atoms with Crippen molar-refractivity contribution < 1.29 is 14.3 Å². The fraction of sp³-hybridized carbons (Fsp3) is 0.231. The van der Waals surface area contributed by atoms with Gasteiger partial charge >= 0.3 is 6.03 Å². The molecule has 2 N–H and O–H groups in total. The van der Waals surface area contributed by atoms with Crippen molar-refractivity contribution in [1.82, 2.24) is 5.32 Å². The maximum absolute atomic E-state index is 13.8. The molecule has 5 rings (SSSR count). The Balaban J connectivity index is 1.61.